The lowest BCUT2D eigenvalue weighted by atomic mass is 10.1. The summed E-state index contributed by atoms with van der Waals surface area (Å²) in [5, 5.41) is 8.34. The van der Waals surface area contributed by atoms with Gasteiger partial charge in [0, 0.05) is 24.8 Å². The second-order valence-corrected chi connectivity index (χ2v) is 7.48. The third-order valence-electron chi connectivity index (χ3n) is 3.93. The summed E-state index contributed by atoms with van der Waals surface area (Å²) >= 11 is 0. The topological polar surface area (TPSA) is 86.4 Å². The first-order chi connectivity index (χ1) is 11.8. The van der Waals surface area contributed by atoms with Gasteiger partial charge >= 0.3 is 6.03 Å². The van der Waals surface area contributed by atoms with Crippen molar-refractivity contribution in [1.29, 1.82) is 0 Å². The van der Waals surface area contributed by atoms with Crippen molar-refractivity contribution < 1.29 is 9.59 Å². The third kappa shape index (κ3) is 5.92. The Balaban J connectivity index is 1.97. The Kier molecular flexibility index (Phi) is 6.22. The maximum atomic E-state index is 12.3. The normalized spacial score (nSPS) is 16.1. The zero-order valence-electron chi connectivity index (χ0n) is 15.6. The van der Waals surface area contributed by atoms with Crippen molar-refractivity contribution in [3.05, 3.63) is 18.3 Å². The molecular formula is C18H29N5O2. The maximum Gasteiger partial charge on any atom is 0.319 e. The molecule has 7 heteroatoms. The number of carbonyl (C=O) groups is 2. The van der Waals surface area contributed by atoms with Crippen molar-refractivity contribution in [3.8, 4) is 0 Å². The minimum atomic E-state index is -0.630. The Bertz CT molecular complexity index is 606. The molecule has 0 radical (unpaired) electrons. The summed E-state index contributed by atoms with van der Waals surface area (Å²) in [5.74, 6) is 0.564. The summed E-state index contributed by atoms with van der Waals surface area (Å²) in [6, 6.07) is 2.58. The predicted octanol–water partition coefficient (Wildman–Crippen LogP) is 2.50. The molecule has 1 aromatic rings. The molecule has 1 aromatic heterocycles. The standard InChI is InChI=1S/C18H29N5O2/c1-13(16(24)22-18(2,3)4)20-17(25)21-14-9-8-10-19-15(14)23-11-6-5-7-12-23/h8-10,13H,5-7,11-12H2,1-4H3,(H,22,24)(H2,20,21,25). The molecule has 3 N–H and O–H groups in total. The first kappa shape index (κ1) is 19.0. The van der Waals surface area contributed by atoms with Crippen LogP contribution in [0.15, 0.2) is 18.3 Å². The molecule has 0 spiro atoms. The molecule has 1 unspecified atom stereocenters. The van der Waals surface area contributed by atoms with E-state index < -0.39 is 12.1 Å². The van der Waals surface area contributed by atoms with E-state index in [0.717, 1.165) is 31.7 Å². The minimum absolute atomic E-state index is 0.218. The number of amides is 3. The molecule has 3 amide bonds. The Morgan fingerprint density at radius 1 is 1.20 bits per heavy atom. The van der Waals surface area contributed by atoms with Crippen molar-refractivity contribution in [2.45, 2.75) is 58.5 Å². The van der Waals surface area contributed by atoms with Crippen molar-refractivity contribution in [2.24, 2.45) is 0 Å². The summed E-state index contributed by atoms with van der Waals surface area (Å²) < 4.78 is 0. The molecule has 0 aromatic carbocycles. The van der Waals surface area contributed by atoms with Crippen LogP contribution in [0.2, 0.25) is 0 Å². The van der Waals surface area contributed by atoms with E-state index >= 15 is 0 Å². The van der Waals surface area contributed by atoms with E-state index in [1.165, 1.54) is 6.42 Å². The first-order valence-electron chi connectivity index (χ1n) is 8.86. The highest BCUT2D eigenvalue weighted by atomic mass is 16.2. The molecule has 2 rings (SSSR count). The number of rotatable bonds is 4. The van der Waals surface area contributed by atoms with E-state index in [2.05, 4.69) is 25.8 Å². The summed E-state index contributed by atoms with van der Waals surface area (Å²) in [5.41, 5.74) is 0.319. The van der Waals surface area contributed by atoms with E-state index in [1.807, 2.05) is 26.8 Å². The van der Waals surface area contributed by atoms with Gasteiger partial charge in [-0.3, -0.25) is 4.79 Å². The Morgan fingerprint density at radius 2 is 1.88 bits per heavy atom. The fourth-order valence-corrected chi connectivity index (χ4v) is 2.75. The predicted molar refractivity (Wildman–Crippen MR) is 99.8 cm³/mol. The Labute approximate surface area is 149 Å². The maximum absolute atomic E-state index is 12.3. The van der Waals surface area contributed by atoms with Gasteiger partial charge in [0.2, 0.25) is 5.91 Å². The fourth-order valence-electron chi connectivity index (χ4n) is 2.75. The van der Waals surface area contributed by atoms with Crippen LogP contribution in [0.3, 0.4) is 0 Å². The van der Waals surface area contributed by atoms with Gasteiger partial charge in [0.1, 0.15) is 6.04 Å². The van der Waals surface area contributed by atoms with Crippen LogP contribution in [0.25, 0.3) is 0 Å². The van der Waals surface area contributed by atoms with Crippen molar-refractivity contribution >= 4 is 23.4 Å². The van der Waals surface area contributed by atoms with Crippen LogP contribution in [-0.2, 0) is 4.79 Å². The van der Waals surface area contributed by atoms with E-state index in [1.54, 1.807) is 19.2 Å². The number of anilines is 2. The van der Waals surface area contributed by atoms with Gasteiger partial charge in [-0.2, -0.15) is 0 Å². The summed E-state index contributed by atoms with van der Waals surface area (Å²) in [4.78, 5) is 31.0. The smallest absolute Gasteiger partial charge is 0.319 e. The van der Waals surface area contributed by atoms with Gasteiger partial charge in [-0.15, -0.1) is 0 Å². The quantitative estimate of drug-likeness (QED) is 0.781. The minimum Gasteiger partial charge on any atom is -0.355 e. The zero-order valence-corrected chi connectivity index (χ0v) is 15.6. The van der Waals surface area contributed by atoms with Gasteiger partial charge < -0.3 is 20.9 Å². The number of nitrogens with zero attached hydrogens (tertiary/aromatic N) is 2. The van der Waals surface area contributed by atoms with Crippen LogP contribution in [0, 0.1) is 0 Å². The summed E-state index contributed by atoms with van der Waals surface area (Å²) in [7, 11) is 0. The second kappa shape index (κ2) is 8.18. The zero-order chi connectivity index (χ0) is 18.4. The molecule has 25 heavy (non-hydrogen) atoms. The molecule has 2 heterocycles. The Morgan fingerprint density at radius 3 is 2.52 bits per heavy atom. The average Bonchev–Trinajstić information content (AvgIpc) is 2.54. The van der Waals surface area contributed by atoms with Gasteiger partial charge in [-0.1, -0.05) is 0 Å². The van der Waals surface area contributed by atoms with E-state index in [9.17, 15) is 9.59 Å². The number of aromatic nitrogens is 1. The molecule has 0 aliphatic carbocycles. The number of urea groups is 1. The first-order valence-corrected chi connectivity index (χ1v) is 8.86. The number of carbonyl (C=O) groups excluding carboxylic acids is 2. The van der Waals surface area contributed by atoms with Crippen molar-refractivity contribution in [3.63, 3.8) is 0 Å². The van der Waals surface area contributed by atoms with Crippen molar-refractivity contribution in [2.75, 3.05) is 23.3 Å². The molecule has 7 nitrogen and oxygen atoms in total. The molecule has 1 saturated heterocycles. The van der Waals surface area contributed by atoms with E-state index in [-0.39, 0.29) is 11.4 Å². The van der Waals surface area contributed by atoms with Gasteiger partial charge in [-0.25, -0.2) is 9.78 Å². The highest BCUT2D eigenvalue weighted by Crippen LogP contribution is 2.25. The third-order valence-corrected chi connectivity index (χ3v) is 3.93. The molecular weight excluding hydrogens is 318 g/mol. The highest BCUT2D eigenvalue weighted by Gasteiger charge is 2.22. The molecule has 0 saturated carbocycles. The van der Waals surface area contributed by atoms with Gasteiger partial charge in [0.15, 0.2) is 5.82 Å². The van der Waals surface area contributed by atoms with Gasteiger partial charge in [0.25, 0.3) is 0 Å². The van der Waals surface area contributed by atoms with Gasteiger partial charge in [0.05, 0.1) is 5.69 Å². The SMILES string of the molecule is CC(NC(=O)Nc1cccnc1N1CCCCC1)C(=O)NC(C)(C)C. The number of piperidine rings is 1. The lowest BCUT2D eigenvalue weighted by Gasteiger charge is -2.29. The molecule has 138 valence electrons. The van der Waals surface area contributed by atoms with E-state index in [0.29, 0.717) is 5.69 Å². The number of hydrogen-bond donors (Lipinski definition) is 3. The number of pyridine rings is 1. The molecule has 1 aliphatic heterocycles. The van der Waals surface area contributed by atoms with Crippen LogP contribution >= 0.6 is 0 Å². The second-order valence-electron chi connectivity index (χ2n) is 7.48. The lowest BCUT2D eigenvalue weighted by Crippen LogP contribution is -2.51. The van der Waals surface area contributed by atoms with Crippen molar-refractivity contribution in [1.82, 2.24) is 15.6 Å². The lowest BCUT2D eigenvalue weighted by molar-refractivity contribution is -0.123. The monoisotopic (exact) mass is 347 g/mol. The Hall–Kier alpha value is -2.31. The molecule has 1 fully saturated rings. The molecule has 1 aliphatic rings. The number of nitrogens with one attached hydrogen (secondary N) is 3. The summed E-state index contributed by atoms with van der Waals surface area (Å²) in [6.07, 6.45) is 5.22. The summed E-state index contributed by atoms with van der Waals surface area (Å²) in [6.45, 7) is 9.25. The van der Waals surface area contributed by atoms with Crippen LogP contribution in [-0.4, -0.2) is 41.6 Å². The number of hydrogen-bond acceptors (Lipinski definition) is 4. The van der Waals surface area contributed by atoms with Crippen LogP contribution in [0.1, 0.15) is 47.0 Å². The molecule has 1 atom stereocenters. The van der Waals surface area contributed by atoms with Gasteiger partial charge in [-0.05, 0) is 59.1 Å². The molecule has 0 bridgehead atoms. The van der Waals surface area contributed by atoms with Crippen LogP contribution in [0.5, 0.6) is 0 Å². The highest BCUT2D eigenvalue weighted by molar-refractivity contribution is 5.95. The fraction of sp³-hybridized carbons (Fsp3) is 0.611. The van der Waals surface area contributed by atoms with E-state index in [4.69, 9.17) is 0 Å². The van der Waals surface area contributed by atoms with Crippen LogP contribution in [0.4, 0.5) is 16.3 Å². The average molecular weight is 347 g/mol. The van der Waals surface area contributed by atoms with Crippen LogP contribution < -0.4 is 20.9 Å². The largest absolute Gasteiger partial charge is 0.355 e.